The fourth-order valence-electron chi connectivity index (χ4n) is 1.25. The summed E-state index contributed by atoms with van der Waals surface area (Å²) in [7, 11) is 0. The molecule has 0 aromatic carbocycles. The van der Waals surface area contributed by atoms with Gasteiger partial charge in [0.05, 0.1) is 0 Å². The third-order valence-electron chi connectivity index (χ3n) is 1.91. The van der Waals surface area contributed by atoms with Crippen molar-refractivity contribution in [2.24, 2.45) is 5.73 Å². The van der Waals surface area contributed by atoms with Crippen LogP contribution in [0.15, 0.2) is 0 Å². The van der Waals surface area contributed by atoms with E-state index in [1.54, 1.807) is 0 Å². The molecule has 11 heavy (non-hydrogen) atoms. The minimum Gasteiger partial charge on any atom is -0.368 e. The first-order valence-corrected chi connectivity index (χ1v) is 3.91. The average molecular weight is 156 g/mol. The molecule has 0 aromatic heterocycles. The van der Waals surface area contributed by atoms with Crippen molar-refractivity contribution < 1.29 is 4.79 Å². The maximum absolute atomic E-state index is 10.8. The lowest BCUT2D eigenvalue weighted by atomic mass is 10.1. The molecule has 0 aliphatic carbocycles. The summed E-state index contributed by atoms with van der Waals surface area (Å²) in [5.74, 6) is -0.303. The molecule has 1 rings (SSSR count). The third-order valence-corrected chi connectivity index (χ3v) is 1.91. The number of carbonyl (C=O) groups is 1. The molecule has 3 N–H and O–H groups in total. The van der Waals surface area contributed by atoms with Gasteiger partial charge in [-0.1, -0.05) is 0 Å². The van der Waals surface area contributed by atoms with E-state index in [1.807, 2.05) is 6.92 Å². The van der Waals surface area contributed by atoms with Crippen LogP contribution in [0.5, 0.6) is 0 Å². The number of rotatable bonds is 1. The molecule has 63 valence electrons. The van der Waals surface area contributed by atoms with Crippen LogP contribution in [-0.4, -0.2) is 31.1 Å². The van der Waals surface area contributed by atoms with E-state index in [9.17, 15) is 4.79 Å². The number of hydrogen-bond donors (Lipinski definition) is 2. The normalized spacial score (nSPS) is 32.8. The lowest BCUT2D eigenvalue weighted by Gasteiger charge is -2.17. The maximum atomic E-state index is 10.8. The zero-order valence-electron chi connectivity index (χ0n) is 6.71. The molecule has 1 aliphatic heterocycles. The van der Waals surface area contributed by atoms with Crippen LogP contribution in [0.1, 0.15) is 13.3 Å². The number of nitrogens with two attached hydrogens (primary N) is 1. The van der Waals surface area contributed by atoms with Gasteiger partial charge in [0.15, 0.2) is 0 Å². The van der Waals surface area contributed by atoms with Crippen molar-refractivity contribution in [1.82, 2.24) is 10.6 Å². The summed E-state index contributed by atoms with van der Waals surface area (Å²) in [6, 6.07) is -0.243. The Labute approximate surface area is 66.5 Å². The molecule has 0 aromatic rings. The highest BCUT2D eigenvalue weighted by Gasteiger charge is 2.24. The topological polar surface area (TPSA) is 69.2 Å². The van der Waals surface area contributed by atoms with Crippen molar-refractivity contribution in [1.29, 1.82) is 0 Å². The van der Waals surface area contributed by atoms with Crippen LogP contribution in [-0.2, 0) is 4.79 Å². The Morgan fingerprint density at radius 1 is 1.73 bits per heavy atom. The Hall–Kier alpha value is -0.610. The molecule has 0 saturated carbocycles. The number of primary amides is 1. The lowest BCUT2D eigenvalue weighted by Crippen LogP contribution is -2.49. The van der Waals surface area contributed by atoms with E-state index in [0.29, 0.717) is 0 Å². The third kappa shape index (κ3) is 2.17. The van der Waals surface area contributed by atoms with Gasteiger partial charge in [-0.15, -0.1) is 0 Å². The molecule has 0 bridgehead atoms. The molecule has 1 aliphatic rings. The number of hydrogen-bond acceptors (Lipinski definition) is 2. The second-order valence-corrected chi connectivity index (χ2v) is 2.83. The summed E-state index contributed by atoms with van der Waals surface area (Å²) in [6.07, 6.45) is 0.994. The summed E-state index contributed by atoms with van der Waals surface area (Å²) in [5.41, 5.74) is 5.17. The monoisotopic (exact) mass is 156 g/mol. The molecular formula is C7H14N3O. The zero-order valence-corrected chi connectivity index (χ0v) is 6.71. The van der Waals surface area contributed by atoms with E-state index in [1.165, 1.54) is 0 Å². The minimum absolute atomic E-state index is 0.0231. The molecule has 4 heteroatoms. The maximum Gasteiger partial charge on any atom is 0.236 e. The predicted octanol–water partition coefficient (Wildman–Crippen LogP) is -1.17. The van der Waals surface area contributed by atoms with Gasteiger partial charge in [-0.3, -0.25) is 4.79 Å². The van der Waals surface area contributed by atoms with Crippen molar-refractivity contribution in [3.05, 3.63) is 0 Å². The number of nitrogens with zero attached hydrogens (tertiary/aromatic N) is 1. The molecule has 1 saturated heterocycles. The van der Waals surface area contributed by atoms with Crippen molar-refractivity contribution >= 4 is 5.91 Å². The first-order chi connectivity index (χ1) is 5.22. The van der Waals surface area contributed by atoms with Crippen LogP contribution in [0.25, 0.3) is 0 Å². The SMILES string of the molecule is CC1[N]CCCNC1C(N)=O. The lowest BCUT2D eigenvalue weighted by molar-refractivity contribution is -0.120. The van der Waals surface area contributed by atoms with E-state index in [0.717, 1.165) is 19.5 Å². The molecule has 1 amide bonds. The summed E-state index contributed by atoms with van der Waals surface area (Å²) in [5, 5.41) is 7.33. The van der Waals surface area contributed by atoms with E-state index in [2.05, 4.69) is 10.6 Å². The molecule has 1 heterocycles. The van der Waals surface area contributed by atoms with Gasteiger partial charge in [-0.25, -0.2) is 5.32 Å². The zero-order chi connectivity index (χ0) is 8.27. The average Bonchev–Trinajstić information content (AvgIpc) is 2.13. The Morgan fingerprint density at radius 2 is 2.45 bits per heavy atom. The van der Waals surface area contributed by atoms with E-state index < -0.39 is 0 Å². The fraction of sp³-hybridized carbons (Fsp3) is 0.857. The highest BCUT2D eigenvalue weighted by molar-refractivity contribution is 5.80. The van der Waals surface area contributed by atoms with Gasteiger partial charge < -0.3 is 11.1 Å². The van der Waals surface area contributed by atoms with Crippen LogP contribution in [0.3, 0.4) is 0 Å². The van der Waals surface area contributed by atoms with Gasteiger partial charge in [0.1, 0.15) is 6.04 Å². The number of nitrogens with one attached hydrogen (secondary N) is 1. The second-order valence-electron chi connectivity index (χ2n) is 2.83. The smallest absolute Gasteiger partial charge is 0.236 e. The molecule has 2 atom stereocenters. The Balaban J connectivity index is 2.52. The van der Waals surface area contributed by atoms with E-state index in [4.69, 9.17) is 5.73 Å². The molecule has 4 nitrogen and oxygen atoms in total. The summed E-state index contributed by atoms with van der Waals surface area (Å²) < 4.78 is 0. The van der Waals surface area contributed by atoms with E-state index >= 15 is 0 Å². The highest BCUT2D eigenvalue weighted by atomic mass is 16.1. The van der Waals surface area contributed by atoms with Crippen LogP contribution in [0, 0.1) is 0 Å². The predicted molar refractivity (Wildman–Crippen MR) is 42.1 cm³/mol. The van der Waals surface area contributed by atoms with Crippen LogP contribution < -0.4 is 16.4 Å². The summed E-state index contributed by atoms with van der Waals surface area (Å²) in [4.78, 5) is 10.8. The van der Waals surface area contributed by atoms with Crippen LogP contribution >= 0.6 is 0 Å². The van der Waals surface area contributed by atoms with E-state index in [-0.39, 0.29) is 18.0 Å². The molecule has 1 fully saturated rings. The Morgan fingerprint density at radius 3 is 3.09 bits per heavy atom. The van der Waals surface area contributed by atoms with Crippen molar-refractivity contribution in [2.75, 3.05) is 13.1 Å². The second kappa shape index (κ2) is 3.69. The largest absolute Gasteiger partial charge is 0.368 e. The van der Waals surface area contributed by atoms with Crippen LogP contribution in [0.4, 0.5) is 0 Å². The number of amides is 1. The fourth-order valence-corrected chi connectivity index (χ4v) is 1.25. The van der Waals surface area contributed by atoms with Crippen molar-refractivity contribution in [3.63, 3.8) is 0 Å². The molecular weight excluding hydrogens is 142 g/mol. The van der Waals surface area contributed by atoms with Gasteiger partial charge in [0.2, 0.25) is 5.91 Å². The standard InChI is InChI=1S/C7H14N3O/c1-5-6(7(8)11)10-4-2-3-9-5/h5-6,10H,2-4H2,1H3,(H2,8,11). The Bertz CT molecular complexity index is 149. The van der Waals surface area contributed by atoms with Crippen molar-refractivity contribution in [2.45, 2.75) is 25.4 Å². The van der Waals surface area contributed by atoms with Gasteiger partial charge in [-0.05, 0) is 19.9 Å². The van der Waals surface area contributed by atoms with Gasteiger partial charge in [0, 0.05) is 12.6 Å². The van der Waals surface area contributed by atoms with Gasteiger partial charge in [0.25, 0.3) is 0 Å². The van der Waals surface area contributed by atoms with Gasteiger partial charge >= 0.3 is 0 Å². The molecule has 0 spiro atoms. The summed E-state index contributed by atoms with van der Waals surface area (Å²) >= 11 is 0. The quantitative estimate of drug-likeness (QED) is 0.502. The number of carbonyl (C=O) groups excluding carboxylic acids is 1. The first kappa shape index (κ1) is 8.49. The minimum atomic E-state index is -0.303. The van der Waals surface area contributed by atoms with Crippen molar-refractivity contribution in [3.8, 4) is 0 Å². The van der Waals surface area contributed by atoms with Gasteiger partial charge in [-0.2, -0.15) is 0 Å². The molecule has 2 unspecified atom stereocenters. The highest BCUT2D eigenvalue weighted by Crippen LogP contribution is 1.98. The summed E-state index contributed by atoms with van der Waals surface area (Å²) in [6.45, 7) is 3.58. The molecule has 1 radical (unpaired) electrons. The Kier molecular flexibility index (Phi) is 2.84. The van der Waals surface area contributed by atoms with Crippen LogP contribution in [0.2, 0.25) is 0 Å². The first-order valence-electron chi connectivity index (χ1n) is 3.91.